The fourth-order valence-corrected chi connectivity index (χ4v) is 3.19. The van der Waals surface area contributed by atoms with Crippen molar-refractivity contribution in [2.24, 2.45) is 0 Å². The molecule has 7 nitrogen and oxygen atoms in total. The Bertz CT molecular complexity index is 732. The molecule has 1 unspecified atom stereocenters. The Morgan fingerprint density at radius 1 is 1.33 bits per heavy atom. The highest BCUT2D eigenvalue weighted by Crippen LogP contribution is 2.26. The lowest BCUT2D eigenvalue weighted by atomic mass is 10.2. The van der Waals surface area contributed by atoms with Gasteiger partial charge < -0.3 is 14.5 Å². The number of hydrogen-bond donors (Lipinski definition) is 0. The SMILES string of the molecule is CCN(C(C)=O)C1CN(c2cccc(Cl)c2)C(=O)CN1C(=O)OC(C)(C)C. The average molecular weight is 396 g/mol. The zero-order valence-electron chi connectivity index (χ0n) is 16.4. The Balaban J connectivity index is 2.37. The van der Waals surface area contributed by atoms with E-state index in [1.807, 2.05) is 6.92 Å². The van der Waals surface area contributed by atoms with Crippen molar-refractivity contribution < 1.29 is 19.1 Å². The molecule has 0 spiro atoms. The molecule has 1 aliphatic rings. The Morgan fingerprint density at radius 2 is 2.00 bits per heavy atom. The zero-order valence-corrected chi connectivity index (χ0v) is 17.1. The number of nitrogens with zero attached hydrogens (tertiary/aromatic N) is 3. The highest BCUT2D eigenvalue weighted by molar-refractivity contribution is 6.30. The molecule has 1 heterocycles. The summed E-state index contributed by atoms with van der Waals surface area (Å²) in [4.78, 5) is 42.0. The van der Waals surface area contributed by atoms with Crippen molar-refractivity contribution in [3.63, 3.8) is 0 Å². The number of ether oxygens (including phenoxy) is 1. The van der Waals surface area contributed by atoms with Crippen LogP contribution in [0.4, 0.5) is 10.5 Å². The number of piperazine rings is 1. The Kier molecular flexibility index (Phi) is 6.36. The van der Waals surface area contributed by atoms with Crippen LogP contribution in [0.3, 0.4) is 0 Å². The van der Waals surface area contributed by atoms with Gasteiger partial charge in [0.1, 0.15) is 18.3 Å². The van der Waals surface area contributed by atoms with Crippen LogP contribution in [0.15, 0.2) is 24.3 Å². The highest BCUT2D eigenvalue weighted by atomic mass is 35.5. The van der Waals surface area contributed by atoms with Crippen molar-refractivity contribution >= 4 is 35.2 Å². The van der Waals surface area contributed by atoms with Gasteiger partial charge in [-0.3, -0.25) is 14.5 Å². The minimum atomic E-state index is -0.706. The molecule has 1 fully saturated rings. The summed E-state index contributed by atoms with van der Waals surface area (Å²) in [6.07, 6.45) is -1.25. The second kappa shape index (κ2) is 8.17. The number of hydrogen-bond acceptors (Lipinski definition) is 4. The van der Waals surface area contributed by atoms with Crippen LogP contribution in [-0.2, 0) is 14.3 Å². The minimum absolute atomic E-state index is 0.145. The molecule has 0 radical (unpaired) electrons. The second-order valence-electron chi connectivity index (χ2n) is 7.38. The van der Waals surface area contributed by atoms with Gasteiger partial charge >= 0.3 is 6.09 Å². The predicted octanol–water partition coefficient (Wildman–Crippen LogP) is 3.12. The summed E-state index contributed by atoms with van der Waals surface area (Å²) in [6.45, 7) is 8.90. The molecule has 0 N–H and O–H groups in total. The van der Waals surface area contributed by atoms with E-state index in [9.17, 15) is 14.4 Å². The van der Waals surface area contributed by atoms with Gasteiger partial charge in [0, 0.05) is 24.2 Å². The normalized spacial score (nSPS) is 17.7. The van der Waals surface area contributed by atoms with Gasteiger partial charge in [-0.1, -0.05) is 17.7 Å². The first-order valence-corrected chi connectivity index (χ1v) is 9.24. The summed E-state index contributed by atoms with van der Waals surface area (Å²) >= 11 is 6.05. The van der Waals surface area contributed by atoms with Crippen LogP contribution < -0.4 is 4.90 Å². The van der Waals surface area contributed by atoms with Gasteiger partial charge in [0.05, 0.1) is 6.54 Å². The Labute approximate surface area is 164 Å². The second-order valence-corrected chi connectivity index (χ2v) is 7.81. The first kappa shape index (κ1) is 21.0. The number of benzene rings is 1. The summed E-state index contributed by atoms with van der Waals surface area (Å²) < 4.78 is 5.45. The summed E-state index contributed by atoms with van der Waals surface area (Å²) in [5.41, 5.74) is -0.0804. The van der Waals surface area contributed by atoms with Crippen LogP contribution in [0.5, 0.6) is 0 Å². The van der Waals surface area contributed by atoms with E-state index in [1.54, 1.807) is 54.8 Å². The van der Waals surface area contributed by atoms with E-state index < -0.39 is 17.9 Å². The fourth-order valence-electron chi connectivity index (χ4n) is 3.01. The van der Waals surface area contributed by atoms with E-state index in [2.05, 4.69) is 0 Å². The molecular weight excluding hydrogens is 370 g/mol. The van der Waals surface area contributed by atoms with Crippen LogP contribution in [0.25, 0.3) is 0 Å². The summed E-state index contributed by atoms with van der Waals surface area (Å²) in [6, 6.07) is 6.93. The van der Waals surface area contributed by atoms with Crippen molar-refractivity contribution in [2.45, 2.75) is 46.4 Å². The van der Waals surface area contributed by atoms with E-state index in [4.69, 9.17) is 16.3 Å². The van der Waals surface area contributed by atoms with Crippen LogP contribution in [-0.4, -0.2) is 59.1 Å². The molecule has 8 heteroatoms. The lowest BCUT2D eigenvalue weighted by Crippen LogP contribution is -2.65. The van der Waals surface area contributed by atoms with E-state index in [0.29, 0.717) is 17.3 Å². The Morgan fingerprint density at radius 3 is 2.52 bits per heavy atom. The van der Waals surface area contributed by atoms with Gasteiger partial charge in [-0.2, -0.15) is 0 Å². The van der Waals surface area contributed by atoms with Gasteiger partial charge in [0.2, 0.25) is 11.8 Å². The molecule has 27 heavy (non-hydrogen) atoms. The summed E-state index contributed by atoms with van der Waals surface area (Å²) in [5.74, 6) is -0.449. The van der Waals surface area contributed by atoms with Crippen LogP contribution >= 0.6 is 11.6 Å². The molecule has 0 bridgehead atoms. The van der Waals surface area contributed by atoms with Crippen LogP contribution in [0.2, 0.25) is 5.02 Å². The lowest BCUT2D eigenvalue weighted by Gasteiger charge is -2.45. The molecule has 0 aliphatic carbocycles. The molecule has 2 rings (SSSR count). The third-order valence-corrected chi connectivity index (χ3v) is 4.40. The first-order valence-electron chi connectivity index (χ1n) is 8.86. The lowest BCUT2D eigenvalue weighted by molar-refractivity contribution is -0.138. The monoisotopic (exact) mass is 395 g/mol. The standard InChI is InChI=1S/C19H26ClN3O4/c1-6-21(13(2)24)16-11-22(15-9-7-8-14(20)10-15)17(25)12-23(16)18(26)27-19(3,4)5/h7-10,16H,6,11-12H2,1-5H3. The molecular formula is C19H26ClN3O4. The number of anilines is 1. The van der Waals surface area contributed by atoms with Crippen molar-refractivity contribution in [3.8, 4) is 0 Å². The van der Waals surface area contributed by atoms with Crippen molar-refractivity contribution in [3.05, 3.63) is 29.3 Å². The Hall–Kier alpha value is -2.28. The number of carbonyl (C=O) groups excluding carboxylic acids is 3. The number of likely N-dealkylation sites (N-methyl/N-ethyl adjacent to an activating group) is 1. The van der Waals surface area contributed by atoms with Crippen molar-refractivity contribution in [1.29, 1.82) is 0 Å². The summed E-state index contributed by atoms with van der Waals surface area (Å²) in [7, 11) is 0. The van der Waals surface area contributed by atoms with E-state index in [1.165, 1.54) is 11.8 Å². The number of carbonyl (C=O) groups is 3. The quantitative estimate of drug-likeness (QED) is 0.788. The molecule has 148 valence electrons. The molecule has 1 saturated heterocycles. The predicted molar refractivity (Wildman–Crippen MR) is 104 cm³/mol. The van der Waals surface area contributed by atoms with Gasteiger partial charge in [-0.25, -0.2) is 4.79 Å². The van der Waals surface area contributed by atoms with Crippen LogP contribution in [0.1, 0.15) is 34.6 Å². The molecule has 1 atom stereocenters. The maximum Gasteiger partial charge on any atom is 0.412 e. The molecule has 1 aromatic carbocycles. The zero-order chi connectivity index (χ0) is 20.4. The summed E-state index contributed by atoms with van der Waals surface area (Å²) in [5, 5.41) is 0.505. The molecule has 1 aliphatic heterocycles. The largest absolute Gasteiger partial charge is 0.444 e. The molecule has 0 aromatic heterocycles. The van der Waals surface area contributed by atoms with Gasteiger partial charge in [0.15, 0.2) is 0 Å². The van der Waals surface area contributed by atoms with Crippen LogP contribution in [0, 0.1) is 0 Å². The molecule has 0 saturated carbocycles. The van der Waals surface area contributed by atoms with Gasteiger partial charge in [-0.15, -0.1) is 0 Å². The third kappa shape index (κ3) is 5.13. The first-order chi connectivity index (χ1) is 12.5. The topological polar surface area (TPSA) is 70.2 Å². The minimum Gasteiger partial charge on any atom is -0.444 e. The van der Waals surface area contributed by atoms with E-state index in [-0.39, 0.29) is 24.9 Å². The average Bonchev–Trinajstić information content (AvgIpc) is 2.54. The van der Waals surface area contributed by atoms with Crippen molar-refractivity contribution in [1.82, 2.24) is 9.80 Å². The number of rotatable bonds is 3. The smallest absolute Gasteiger partial charge is 0.412 e. The maximum absolute atomic E-state index is 12.7. The van der Waals surface area contributed by atoms with E-state index in [0.717, 1.165) is 0 Å². The number of amides is 3. The maximum atomic E-state index is 12.7. The molecule has 3 amide bonds. The highest BCUT2D eigenvalue weighted by Gasteiger charge is 2.41. The van der Waals surface area contributed by atoms with E-state index >= 15 is 0 Å². The van der Waals surface area contributed by atoms with Gasteiger partial charge in [0.25, 0.3) is 0 Å². The van der Waals surface area contributed by atoms with Gasteiger partial charge in [-0.05, 0) is 45.9 Å². The number of halogens is 1. The third-order valence-electron chi connectivity index (χ3n) is 4.17. The molecule has 1 aromatic rings. The van der Waals surface area contributed by atoms with Crippen molar-refractivity contribution in [2.75, 3.05) is 24.5 Å². The fraction of sp³-hybridized carbons (Fsp3) is 0.526.